The topological polar surface area (TPSA) is 99.0 Å². The highest BCUT2D eigenvalue weighted by molar-refractivity contribution is 9.10. The molecule has 3 heterocycles. The summed E-state index contributed by atoms with van der Waals surface area (Å²) in [4.78, 5) is 44.8. The standard InChI is InChI=1S/C25H20BrN3O5S/c1-4-34-24(32)18-12(2)27-25-29(20(18)13-9-10-17(33-3)15(26)11-13)23(31)21(35-25)19-14-7-5-6-8-16(14)28-22(19)30/h5-11,20H,4H2,1-3H3,(H,28,30)/b21-19-/t20-/m1/s1. The van der Waals surface area contributed by atoms with Crippen molar-refractivity contribution < 1.29 is 19.1 Å². The molecule has 1 N–H and O–H groups in total. The van der Waals surface area contributed by atoms with E-state index in [-0.39, 0.29) is 22.6 Å². The van der Waals surface area contributed by atoms with E-state index in [1.807, 2.05) is 12.1 Å². The highest BCUT2D eigenvalue weighted by Gasteiger charge is 2.35. The number of ether oxygens (including phenoxy) is 2. The Morgan fingerprint density at radius 2 is 2.00 bits per heavy atom. The maximum atomic E-state index is 13.9. The van der Waals surface area contributed by atoms with Crippen molar-refractivity contribution in [3.05, 3.63) is 89.0 Å². The molecule has 2 aliphatic rings. The molecule has 1 aromatic heterocycles. The Morgan fingerprint density at radius 3 is 2.71 bits per heavy atom. The zero-order chi connectivity index (χ0) is 24.9. The monoisotopic (exact) mass is 553 g/mol. The molecule has 2 aliphatic heterocycles. The molecule has 35 heavy (non-hydrogen) atoms. The molecule has 3 aromatic rings. The molecule has 5 rings (SSSR count). The van der Waals surface area contributed by atoms with Crippen LogP contribution in [-0.2, 0) is 14.3 Å². The van der Waals surface area contributed by atoms with Crippen molar-refractivity contribution in [2.45, 2.75) is 19.9 Å². The van der Waals surface area contributed by atoms with Crippen molar-refractivity contribution in [2.24, 2.45) is 4.99 Å². The van der Waals surface area contributed by atoms with E-state index in [2.05, 4.69) is 26.2 Å². The van der Waals surface area contributed by atoms with Crippen LogP contribution in [0.1, 0.15) is 31.0 Å². The second kappa shape index (κ2) is 8.94. The van der Waals surface area contributed by atoms with Crippen LogP contribution in [0.4, 0.5) is 5.69 Å². The van der Waals surface area contributed by atoms with Crippen molar-refractivity contribution in [1.82, 2.24) is 4.57 Å². The van der Waals surface area contributed by atoms with E-state index in [4.69, 9.17) is 9.47 Å². The summed E-state index contributed by atoms with van der Waals surface area (Å²) in [5.41, 5.74) is 2.60. The van der Waals surface area contributed by atoms with Crippen LogP contribution in [0.15, 0.2) is 68.0 Å². The number of nitrogens with zero attached hydrogens (tertiary/aromatic N) is 2. The summed E-state index contributed by atoms with van der Waals surface area (Å²) in [5, 5.41) is 2.82. The molecule has 1 atom stereocenters. The number of para-hydroxylation sites is 1. The number of carbonyl (C=O) groups excluding carboxylic acids is 2. The molecule has 0 saturated carbocycles. The van der Waals surface area contributed by atoms with Gasteiger partial charge in [-0.15, -0.1) is 0 Å². The molecule has 10 heteroatoms. The van der Waals surface area contributed by atoms with E-state index in [1.54, 1.807) is 51.3 Å². The number of allylic oxidation sites excluding steroid dienone is 1. The van der Waals surface area contributed by atoms with Gasteiger partial charge >= 0.3 is 5.97 Å². The molecule has 2 aromatic carbocycles. The molecule has 0 spiro atoms. The largest absolute Gasteiger partial charge is 0.496 e. The minimum absolute atomic E-state index is 0.181. The van der Waals surface area contributed by atoms with Gasteiger partial charge in [0.05, 0.1) is 41.1 Å². The zero-order valence-electron chi connectivity index (χ0n) is 19.0. The summed E-state index contributed by atoms with van der Waals surface area (Å²) >= 11 is 4.63. The second-order valence-corrected chi connectivity index (χ2v) is 9.72. The summed E-state index contributed by atoms with van der Waals surface area (Å²) in [6.07, 6.45) is 0. The van der Waals surface area contributed by atoms with Gasteiger partial charge in [0.2, 0.25) is 0 Å². The number of halogens is 1. The molecular weight excluding hydrogens is 534 g/mol. The third-order valence-electron chi connectivity index (χ3n) is 5.88. The van der Waals surface area contributed by atoms with Crippen LogP contribution in [0.3, 0.4) is 0 Å². The molecule has 8 nitrogen and oxygen atoms in total. The lowest BCUT2D eigenvalue weighted by atomic mass is 9.96. The van der Waals surface area contributed by atoms with Gasteiger partial charge in [-0.2, -0.15) is 0 Å². The summed E-state index contributed by atoms with van der Waals surface area (Å²) < 4.78 is 13.1. The molecule has 178 valence electrons. The van der Waals surface area contributed by atoms with Gasteiger partial charge in [0.15, 0.2) is 4.80 Å². The number of aromatic nitrogens is 1. The Morgan fingerprint density at radius 1 is 1.23 bits per heavy atom. The zero-order valence-corrected chi connectivity index (χ0v) is 21.5. The molecule has 0 bridgehead atoms. The van der Waals surface area contributed by atoms with Crippen molar-refractivity contribution in [2.75, 3.05) is 19.0 Å². The number of amides is 1. The first kappa shape index (κ1) is 23.3. The fraction of sp³-hybridized carbons (Fsp3) is 0.200. The van der Waals surface area contributed by atoms with Crippen molar-refractivity contribution in [3.63, 3.8) is 0 Å². The van der Waals surface area contributed by atoms with Crippen molar-refractivity contribution in [1.29, 1.82) is 0 Å². The first-order valence-electron chi connectivity index (χ1n) is 10.8. The summed E-state index contributed by atoms with van der Waals surface area (Å²) in [7, 11) is 1.56. The molecule has 1 amide bonds. The van der Waals surface area contributed by atoms with E-state index in [0.29, 0.717) is 43.1 Å². The van der Waals surface area contributed by atoms with E-state index in [0.717, 1.165) is 11.3 Å². The Bertz CT molecular complexity index is 1620. The number of anilines is 1. The molecule has 0 unspecified atom stereocenters. The molecule has 0 radical (unpaired) electrons. The van der Waals surface area contributed by atoms with Crippen molar-refractivity contribution >= 4 is 50.4 Å². The van der Waals surface area contributed by atoms with Crippen LogP contribution in [0.5, 0.6) is 5.75 Å². The number of esters is 1. The van der Waals surface area contributed by atoms with E-state index in [1.165, 1.54) is 4.57 Å². The average molecular weight is 554 g/mol. The minimum Gasteiger partial charge on any atom is -0.496 e. The summed E-state index contributed by atoms with van der Waals surface area (Å²) in [6.45, 7) is 3.62. The maximum Gasteiger partial charge on any atom is 0.338 e. The quantitative estimate of drug-likeness (QED) is 0.501. The first-order valence-corrected chi connectivity index (χ1v) is 12.4. The third-order valence-corrected chi connectivity index (χ3v) is 7.56. The predicted octanol–water partition coefficient (Wildman–Crippen LogP) is 2.89. The van der Waals surface area contributed by atoms with Gasteiger partial charge in [0.25, 0.3) is 11.5 Å². The normalized spacial score (nSPS) is 17.9. The fourth-order valence-corrected chi connectivity index (χ4v) is 6.05. The van der Waals surface area contributed by atoms with Gasteiger partial charge in [0.1, 0.15) is 10.3 Å². The number of benzene rings is 2. The predicted molar refractivity (Wildman–Crippen MR) is 135 cm³/mol. The lowest BCUT2D eigenvalue weighted by Crippen LogP contribution is -2.40. The number of rotatable bonds is 4. The number of hydrogen-bond acceptors (Lipinski definition) is 7. The SMILES string of the molecule is CCOC(=O)C1=C(C)N=c2s/c(=C3\C(=O)Nc4ccccc43)c(=O)n2[C@@H]1c1ccc(OC)c(Br)c1. The molecule has 0 fully saturated rings. The number of carbonyl (C=O) groups is 2. The molecule has 0 saturated heterocycles. The van der Waals surface area contributed by atoms with Gasteiger partial charge in [-0.3, -0.25) is 14.2 Å². The van der Waals surface area contributed by atoms with Crippen LogP contribution in [0.25, 0.3) is 5.57 Å². The fourth-order valence-electron chi connectivity index (χ4n) is 4.35. The number of fused-ring (bicyclic) bond motifs is 2. The molecule has 0 aliphatic carbocycles. The summed E-state index contributed by atoms with van der Waals surface area (Å²) in [5.74, 6) is -0.282. The van der Waals surface area contributed by atoms with Gasteiger partial charge < -0.3 is 14.8 Å². The highest BCUT2D eigenvalue weighted by Crippen LogP contribution is 2.35. The Kier molecular flexibility index (Phi) is 5.94. The van der Waals surface area contributed by atoms with Gasteiger partial charge in [-0.1, -0.05) is 35.6 Å². The smallest absolute Gasteiger partial charge is 0.338 e. The summed E-state index contributed by atoms with van der Waals surface area (Å²) in [6, 6.07) is 11.8. The molecular formula is C25H20BrN3O5S. The second-order valence-electron chi connectivity index (χ2n) is 7.89. The number of methoxy groups -OCH3 is 1. The number of hydrogen-bond donors (Lipinski definition) is 1. The van der Waals surface area contributed by atoms with Crippen LogP contribution >= 0.6 is 27.3 Å². The minimum atomic E-state index is -0.790. The first-order chi connectivity index (χ1) is 16.8. The Hall–Kier alpha value is -3.50. The highest BCUT2D eigenvalue weighted by atomic mass is 79.9. The third kappa shape index (κ3) is 3.73. The maximum absolute atomic E-state index is 13.9. The Balaban J connectivity index is 1.82. The lowest BCUT2D eigenvalue weighted by Gasteiger charge is -2.25. The average Bonchev–Trinajstić information content (AvgIpc) is 3.33. The van der Waals surface area contributed by atoms with Gasteiger partial charge in [0, 0.05) is 11.3 Å². The van der Waals surface area contributed by atoms with E-state index >= 15 is 0 Å². The van der Waals surface area contributed by atoms with Crippen LogP contribution in [-0.4, -0.2) is 30.2 Å². The van der Waals surface area contributed by atoms with Crippen molar-refractivity contribution in [3.8, 4) is 5.75 Å². The van der Waals surface area contributed by atoms with Crippen LogP contribution in [0.2, 0.25) is 0 Å². The number of thiazole rings is 1. The number of nitrogens with one attached hydrogen (secondary N) is 1. The van der Waals surface area contributed by atoms with Gasteiger partial charge in [-0.25, -0.2) is 9.79 Å². The Labute approximate surface area is 212 Å². The van der Waals surface area contributed by atoms with Crippen LogP contribution < -0.4 is 24.9 Å². The van der Waals surface area contributed by atoms with Crippen LogP contribution in [0, 0.1) is 0 Å². The lowest BCUT2D eigenvalue weighted by molar-refractivity contribution is -0.139. The van der Waals surface area contributed by atoms with E-state index in [9.17, 15) is 14.4 Å². The van der Waals surface area contributed by atoms with E-state index < -0.39 is 17.6 Å². The van der Waals surface area contributed by atoms with Gasteiger partial charge in [-0.05, 0) is 53.5 Å².